The SMILES string of the molecule is COC(=O)c1cc(C=NN=C(N)SCc2ccccc2)ccc1N(C)C. The highest BCUT2D eigenvalue weighted by atomic mass is 32.2. The van der Waals surface area contributed by atoms with Gasteiger partial charge in [-0.2, -0.15) is 5.10 Å². The molecule has 0 aliphatic rings. The number of carbonyl (C=O) groups excluding carboxylic acids is 1. The number of nitrogens with zero attached hydrogens (tertiary/aromatic N) is 3. The first-order valence-electron chi connectivity index (χ1n) is 7.94. The third-order valence-corrected chi connectivity index (χ3v) is 4.36. The van der Waals surface area contributed by atoms with Gasteiger partial charge in [0.2, 0.25) is 0 Å². The number of ether oxygens (including phenoxy) is 1. The van der Waals surface area contributed by atoms with Crippen LogP contribution in [-0.2, 0) is 10.5 Å². The molecule has 2 rings (SSSR count). The average molecular weight is 370 g/mol. The number of nitrogens with two attached hydrogens (primary N) is 1. The number of rotatable bonds is 6. The van der Waals surface area contributed by atoms with Crippen LogP contribution in [0.3, 0.4) is 0 Å². The number of thioether (sulfide) groups is 1. The molecule has 0 aliphatic carbocycles. The maximum Gasteiger partial charge on any atom is 0.339 e. The van der Waals surface area contributed by atoms with Gasteiger partial charge in [-0.1, -0.05) is 48.2 Å². The molecule has 0 saturated carbocycles. The monoisotopic (exact) mass is 370 g/mol. The molecule has 0 unspecified atom stereocenters. The molecule has 0 amide bonds. The number of benzene rings is 2. The molecule has 2 aromatic carbocycles. The van der Waals surface area contributed by atoms with Gasteiger partial charge >= 0.3 is 5.97 Å². The molecule has 0 bridgehead atoms. The lowest BCUT2D eigenvalue weighted by atomic mass is 10.1. The van der Waals surface area contributed by atoms with E-state index in [1.165, 1.54) is 24.4 Å². The molecule has 0 atom stereocenters. The molecule has 26 heavy (non-hydrogen) atoms. The van der Waals surface area contributed by atoms with Crippen molar-refractivity contribution in [1.82, 2.24) is 0 Å². The zero-order chi connectivity index (χ0) is 18.9. The normalized spacial score (nSPS) is 11.6. The van der Waals surface area contributed by atoms with Gasteiger partial charge in [0.05, 0.1) is 24.6 Å². The Morgan fingerprint density at radius 3 is 2.62 bits per heavy atom. The Morgan fingerprint density at radius 1 is 1.23 bits per heavy atom. The van der Waals surface area contributed by atoms with Crippen LogP contribution in [0.1, 0.15) is 21.5 Å². The van der Waals surface area contributed by atoms with Crippen molar-refractivity contribution in [3.63, 3.8) is 0 Å². The Morgan fingerprint density at radius 2 is 1.96 bits per heavy atom. The Bertz CT molecular complexity index is 804. The van der Waals surface area contributed by atoms with Crippen molar-refractivity contribution in [1.29, 1.82) is 0 Å². The van der Waals surface area contributed by atoms with E-state index in [2.05, 4.69) is 10.2 Å². The van der Waals surface area contributed by atoms with Crippen LogP contribution in [0.4, 0.5) is 5.69 Å². The minimum absolute atomic E-state index is 0.378. The Hall–Kier alpha value is -2.80. The lowest BCUT2D eigenvalue weighted by molar-refractivity contribution is 0.0601. The van der Waals surface area contributed by atoms with Crippen molar-refractivity contribution < 1.29 is 9.53 Å². The van der Waals surface area contributed by atoms with Crippen LogP contribution in [0.25, 0.3) is 0 Å². The smallest absolute Gasteiger partial charge is 0.339 e. The van der Waals surface area contributed by atoms with Gasteiger partial charge in [0.1, 0.15) is 0 Å². The molecule has 6 nitrogen and oxygen atoms in total. The van der Waals surface area contributed by atoms with E-state index in [4.69, 9.17) is 10.5 Å². The summed E-state index contributed by atoms with van der Waals surface area (Å²) in [5.74, 6) is 0.334. The number of hydrogen-bond acceptors (Lipinski definition) is 6. The molecule has 0 aromatic heterocycles. The fraction of sp³-hybridized carbons (Fsp3) is 0.211. The van der Waals surface area contributed by atoms with E-state index in [1.54, 1.807) is 12.3 Å². The Labute approximate surface area is 157 Å². The molecule has 2 N–H and O–H groups in total. The fourth-order valence-corrected chi connectivity index (χ4v) is 2.82. The summed E-state index contributed by atoms with van der Waals surface area (Å²) in [5, 5.41) is 8.37. The largest absolute Gasteiger partial charge is 0.465 e. The van der Waals surface area contributed by atoms with E-state index in [0.29, 0.717) is 10.7 Å². The van der Waals surface area contributed by atoms with Gasteiger partial charge in [-0.15, -0.1) is 5.10 Å². The van der Waals surface area contributed by atoms with Crippen molar-refractivity contribution in [2.24, 2.45) is 15.9 Å². The molecular formula is C19H22N4O2S. The first-order valence-corrected chi connectivity index (χ1v) is 8.92. The number of anilines is 1. The number of carbonyl (C=O) groups is 1. The summed E-state index contributed by atoms with van der Waals surface area (Å²) < 4.78 is 4.84. The van der Waals surface area contributed by atoms with E-state index in [1.807, 2.05) is 61.5 Å². The molecule has 0 spiro atoms. The molecule has 0 fully saturated rings. The Kier molecular flexibility index (Phi) is 7.23. The van der Waals surface area contributed by atoms with Crippen LogP contribution in [0.2, 0.25) is 0 Å². The van der Waals surface area contributed by atoms with Crippen LogP contribution in [0.15, 0.2) is 58.7 Å². The standard InChI is InChI=1S/C19H22N4O2S/c1-23(2)17-10-9-15(11-16(17)18(24)25-3)12-21-22-19(20)26-13-14-7-5-4-6-8-14/h4-12H,13H2,1-3H3,(H2,20,22). The number of methoxy groups -OCH3 is 1. The highest BCUT2D eigenvalue weighted by Crippen LogP contribution is 2.20. The van der Waals surface area contributed by atoms with Crippen LogP contribution in [0.5, 0.6) is 0 Å². The van der Waals surface area contributed by atoms with Crippen molar-refractivity contribution in [3.05, 3.63) is 65.2 Å². The molecule has 0 heterocycles. The number of hydrogen-bond donors (Lipinski definition) is 1. The summed E-state index contributed by atoms with van der Waals surface area (Å²) in [4.78, 5) is 13.8. The summed E-state index contributed by atoms with van der Waals surface area (Å²) in [7, 11) is 5.09. The maximum atomic E-state index is 11.9. The van der Waals surface area contributed by atoms with Crippen LogP contribution >= 0.6 is 11.8 Å². The summed E-state index contributed by atoms with van der Waals surface area (Å²) in [6, 6.07) is 15.4. The van der Waals surface area contributed by atoms with Gasteiger partial charge < -0.3 is 15.4 Å². The zero-order valence-electron chi connectivity index (χ0n) is 15.0. The predicted octanol–water partition coefficient (Wildman–Crippen LogP) is 3.12. The van der Waals surface area contributed by atoms with Gasteiger partial charge in [-0.05, 0) is 23.3 Å². The third kappa shape index (κ3) is 5.63. The summed E-state index contributed by atoms with van der Waals surface area (Å²) in [5.41, 5.74) is 9.02. The minimum Gasteiger partial charge on any atom is -0.465 e. The van der Waals surface area contributed by atoms with Crippen LogP contribution in [-0.4, -0.2) is 38.6 Å². The van der Waals surface area contributed by atoms with Gasteiger partial charge in [0.15, 0.2) is 5.17 Å². The first kappa shape index (κ1) is 19.5. The van der Waals surface area contributed by atoms with E-state index in [0.717, 1.165) is 17.0 Å². The summed E-state index contributed by atoms with van der Waals surface area (Å²) in [6.07, 6.45) is 1.56. The van der Waals surface area contributed by atoms with Crippen LogP contribution < -0.4 is 10.6 Å². The lowest BCUT2D eigenvalue weighted by Gasteiger charge is -2.16. The summed E-state index contributed by atoms with van der Waals surface area (Å²) in [6.45, 7) is 0. The second-order valence-corrected chi connectivity index (χ2v) is 6.62. The van der Waals surface area contributed by atoms with Crippen molar-refractivity contribution in [2.45, 2.75) is 5.75 Å². The highest BCUT2D eigenvalue weighted by molar-refractivity contribution is 8.13. The zero-order valence-corrected chi connectivity index (χ0v) is 15.9. The summed E-state index contributed by atoms with van der Waals surface area (Å²) >= 11 is 1.42. The van der Waals surface area contributed by atoms with Crippen molar-refractivity contribution >= 4 is 34.8 Å². The Balaban J connectivity index is 2.05. The topological polar surface area (TPSA) is 80.3 Å². The van der Waals surface area contributed by atoms with Gasteiger partial charge in [0.25, 0.3) is 0 Å². The predicted molar refractivity (Wildman–Crippen MR) is 109 cm³/mol. The second-order valence-electron chi connectivity index (χ2n) is 5.62. The molecule has 0 radical (unpaired) electrons. The first-order chi connectivity index (χ1) is 12.5. The molecule has 136 valence electrons. The molecular weight excluding hydrogens is 348 g/mol. The molecule has 7 heteroatoms. The minimum atomic E-state index is -0.398. The van der Waals surface area contributed by atoms with Crippen LogP contribution in [0, 0.1) is 0 Å². The number of esters is 1. The van der Waals surface area contributed by atoms with E-state index in [9.17, 15) is 4.79 Å². The second kappa shape index (κ2) is 9.62. The highest BCUT2D eigenvalue weighted by Gasteiger charge is 2.13. The van der Waals surface area contributed by atoms with Crippen molar-refractivity contribution in [2.75, 3.05) is 26.1 Å². The van der Waals surface area contributed by atoms with Gasteiger partial charge in [-0.3, -0.25) is 0 Å². The molecule has 0 saturated heterocycles. The van der Waals surface area contributed by atoms with Crippen molar-refractivity contribution in [3.8, 4) is 0 Å². The maximum absolute atomic E-state index is 11.9. The number of amidine groups is 1. The molecule has 0 aliphatic heterocycles. The lowest BCUT2D eigenvalue weighted by Crippen LogP contribution is -2.15. The quantitative estimate of drug-likeness (QED) is 0.366. The van der Waals surface area contributed by atoms with E-state index >= 15 is 0 Å². The van der Waals surface area contributed by atoms with E-state index in [-0.39, 0.29) is 0 Å². The average Bonchev–Trinajstić information content (AvgIpc) is 2.66. The van der Waals surface area contributed by atoms with Gasteiger partial charge in [0, 0.05) is 19.8 Å². The molecule has 2 aromatic rings. The van der Waals surface area contributed by atoms with E-state index < -0.39 is 5.97 Å². The fourth-order valence-electron chi connectivity index (χ4n) is 2.21. The van der Waals surface area contributed by atoms with Gasteiger partial charge in [-0.25, -0.2) is 4.79 Å². The third-order valence-electron chi connectivity index (χ3n) is 3.50.